The first-order valence-corrected chi connectivity index (χ1v) is 3.92. The average molecular weight is 144 g/mol. The Kier molecular flexibility index (Phi) is 2.32. The minimum absolute atomic E-state index is 0.258. The van der Waals surface area contributed by atoms with Gasteiger partial charge in [-0.3, -0.25) is 0 Å². The monoisotopic (exact) mass is 144 g/mol. The largest absolute Gasteiger partial charge is 0.390 e. The van der Waals surface area contributed by atoms with Crippen LogP contribution in [0.15, 0.2) is 0 Å². The van der Waals surface area contributed by atoms with Crippen molar-refractivity contribution in [1.29, 1.82) is 0 Å². The Bertz CT molecular complexity index is 114. The summed E-state index contributed by atoms with van der Waals surface area (Å²) in [6.45, 7) is 1.98. The van der Waals surface area contributed by atoms with Gasteiger partial charge >= 0.3 is 0 Å². The first-order valence-electron chi connectivity index (χ1n) is 3.92. The zero-order chi connectivity index (χ0) is 7.61. The van der Waals surface area contributed by atoms with Crippen molar-refractivity contribution in [2.75, 3.05) is 7.11 Å². The predicted molar refractivity (Wildman–Crippen MR) is 39.9 cm³/mol. The topological polar surface area (TPSA) is 29.5 Å². The Balaban J connectivity index is 2.54. The van der Waals surface area contributed by atoms with Crippen molar-refractivity contribution < 1.29 is 9.84 Å². The number of hydrogen-bond donors (Lipinski definition) is 1. The van der Waals surface area contributed by atoms with Crippen LogP contribution in [-0.2, 0) is 4.74 Å². The smallest absolute Gasteiger partial charge is 0.0908 e. The van der Waals surface area contributed by atoms with Crippen molar-refractivity contribution >= 4 is 0 Å². The Morgan fingerprint density at radius 1 is 1.50 bits per heavy atom. The van der Waals surface area contributed by atoms with Crippen LogP contribution in [0.5, 0.6) is 0 Å². The number of hydrogen-bond acceptors (Lipinski definition) is 2. The SMILES string of the molecule is CO[C@@]1(C)CCCC[C@H]1O. The van der Waals surface area contributed by atoms with E-state index in [1.54, 1.807) is 7.11 Å². The van der Waals surface area contributed by atoms with Gasteiger partial charge in [0.25, 0.3) is 0 Å². The van der Waals surface area contributed by atoms with E-state index in [0.29, 0.717) is 0 Å². The van der Waals surface area contributed by atoms with Gasteiger partial charge in [0, 0.05) is 7.11 Å². The van der Waals surface area contributed by atoms with Crippen molar-refractivity contribution in [3.8, 4) is 0 Å². The summed E-state index contributed by atoms with van der Waals surface area (Å²) < 4.78 is 5.24. The molecule has 1 N–H and O–H groups in total. The maximum absolute atomic E-state index is 9.50. The van der Waals surface area contributed by atoms with Crippen molar-refractivity contribution in [1.82, 2.24) is 0 Å². The minimum atomic E-state index is -0.266. The van der Waals surface area contributed by atoms with Crippen LogP contribution < -0.4 is 0 Å². The Hall–Kier alpha value is -0.0800. The van der Waals surface area contributed by atoms with Gasteiger partial charge in [-0.15, -0.1) is 0 Å². The summed E-state index contributed by atoms with van der Waals surface area (Å²) in [4.78, 5) is 0. The van der Waals surface area contributed by atoms with Crippen LogP contribution in [0.1, 0.15) is 32.6 Å². The standard InChI is InChI=1S/C8H16O2/c1-8(10-2)6-4-3-5-7(8)9/h7,9H,3-6H2,1-2H3/t7-,8+/m1/s1. The summed E-state index contributed by atoms with van der Waals surface area (Å²) in [6.07, 6.45) is 3.95. The Labute approximate surface area is 62.2 Å². The van der Waals surface area contributed by atoms with Gasteiger partial charge < -0.3 is 9.84 Å². The summed E-state index contributed by atoms with van der Waals surface area (Å²) in [5, 5.41) is 9.50. The zero-order valence-electron chi connectivity index (χ0n) is 6.76. The van der Waals surface area contributed by atoms with Gasteiger partial charge in [0.15, 0.2) is 0 Å². The molecule has 0 saturated heterocycles. The van der Waals surface area contributed by atoms with E-state index in [2.05, 4.69) is 0 Å². The Morgan fingerprint density at radius 3 is 2.60 bits per heavy atom. The van der Waals surface area contributed by atoms with Crippen molar-refractivity contribution in [2.45, 2.75) is 44.3 Å². The molecule has 2 atom stereocenters. The third-order valence-electron chi connectivity index (χ3n) is 2.57. The number of aliphatic hydroxyl groups excluding tert-OH is 1. The molecule has 0 spiro atoms. The molecule has 1 fully saturated rings. The number of ether oxygens (including phenoxy) is 1. The molecule has 0 aromatic heterocycles. The highest BCUT2D eigenvalue weighted by molar-refractivity contribution is 4.87. The van der Waals surface area contributed by atoms with Gasteiger partial charge in [-0.05, 0) is 19.8 Å². The first kappa shape index (κ1) is 8.02. The molecule has 0 aliphatic heterocycles. The van der Waals surface area contributed by atoms with Gasteiger partial charge in [-0.1, -0.05) is 12.8 Å². The van der Waals surface area contributed by atoms with Crippen molar-refractivity contribution in [3.63, 3.8) is 0 Å². The molecule has 0 aromatic carbocycles. The molecule has 60 valence electrons. The van der Waals surface area contributed by atoms with E-state index in [-0.39, 0.29) is 11.7 Å². The maximum atomic E-state index is 9.50. The van der Waals surface area contributed by atoms with Crippen LogP contribution >= 0.6 is 0 Å². The third kappa shape index (κ3) is 1.32. The van der Waals surface area contributed by atoms with Crippen LogP contribution in [0.2, 0.25) is 0 Å². The molecule has 2 heteroatoms. The lowest BCUT2D eigenvalue weighted by Gasteiger charge is -2.36. The van der Waals surface area contributed by atoms with Crippen LogP contribution in [0.4, 0.5) is 0 Å². The fourth-order valence-corrected chi connectivity index (χ4v) is 1.52. The van der Waals surface area contributed by atoms with E-state index in [9.17, 15) is 5.11 Å². The van der Waals surface area contributed by atoms with Gasteiger partial charge in [-0.25, -0.2) is 0 Å². The van der Waals surface area contributed by atoms with Crippen LogP contribution in [0.3, 0.4) is 0 Å². The molecule has 0 bridgehead atoms. The molecule has 0 aromatic rings. The molecule has 1 saturated carbocycles. The molecule has 2 nitrogen and oxygen atoms in total. The predicted octanol–water partition coefficient (Wildman–Crippen LogP) is 1.33. The molecule has 0 amide bonds. The van der Waals surface area contributed by atoms with E-state index in [0.717, 1.165) is 19.3 Å². The quantitative estimate of drug-likeness (QED) is 0.601. The first-order chi connectivity index (χ1) is 4.69. The van der Waals surface area contributed by atoms with Crippen LogP contribution in [-0.4, -0.2) is 23.9 Å². The second-order valence-corrected chi connectivity index (χ2v) is 3.28. The molecule has 0 heterocycles. The normalized spacial score (nSPS) is 41.7. The Morgan fingerprint density at radius 2 is 2.20 bits per heavy atom. The molecule has 0 unspecified atom stereocenters. The number of methoxy groups -OCH3 is 1. The zero-order valence-corrected chi connectivity index (χ0v) is 6.76. The lowest BCUT2D eigenvalue weighted by atomic mass is 9.84. The minimum Gasteiger partial charge on any atom is -0.390 e. The second kappa shape index (κ2) is 2.89. The number of aliphatic hydroxyl groups is 1. The molecular formula is C8H16O2. The van der Waals surface area contributed by atoms with E-state index in [1.165, 1.54) is 6.42 Å². The highest BCUT2D eigenvalue weighted by Gasteiger charge is 2.34. The molecule has 10 heavy (non-hydrogen) atoms. The van der Waals surface area contributed by atoms with E-state index in [4.69, 9.17) is 4.74 Å². The fraction of sp³-hybridized carbons (Fsp3) is 1.00. The summed E-state index contributed by atoms with van der Waals surface area (Å²) in [5.74, 6) is 0. The molecule has 1 aliphatic rings. The molecule has 1 aliphatic carbocycles. The van der Waals surface area contributed by atoms with Gasteiger partial charge in [-0.2, -0.15) is 0 Å². The van der Waals surface area contributed by atoms with Crippen molar-refractivity contribution in [3.05, 3.63) is 0 Å². The lowest BCUT2D eigenvalue weighted by Crippen LogP contribution is -2.43. The van der Waals surface area contributed by atoms with Crippen LogP contribution in [0, 0.1) is 0 Å². The molecule has 1 rings (SSSR count). The van der Waals surface area contributed by atoms with E-state index >= 15 is 0 Å². The van der Waals surface area contributed by atoms with Crippen molar-refractivity contribution in [2.24, 2.45) is 0 Å². The highest BCUT2D eigenvalue weighted by atomic mass is 16.5. The maximum Gasteiger partial charge on any atom is 0.0908 e. The average Bonchev–Trinajstić information content (AvgIpc) is 1.96. The van der Waals surface area contributed by atoms with Crippen LogP contribution in [0.25, 0.3) is 0 Å². The third-order valence-corrected chi connectivity index (χ3v) is 2.57. The number of rotatable bonds is 1. The lowest BCUT2D eigenvalue weighted by molar-refractivity contribution is -0.112. The fourth-order valence-electron chi connectivity index (χ4n) is 1.52. The summed E-state index contributed by atoms with van der Waals surface area (Å²) >= 11 is 0. The van der Waals surface area contributed by atoms with E-state index < -0.39 is 0 Å². The summed E-state index contributed by atoms with van der Waals surface area (Å²) in [7, 11) is 1.68. The summed E-state index contributed by atoms with van der Waals surface area (Å²) in [6, 6.07) is 0. The van der Waals surface area contributed by atoms with E-state index in [1.807, 2.05) is 6.92 Å². The van der Waals surface area contributed by atoms with Gasteiger partial charge in [0.2, 0.25) is 0 Å². The molecule has 0 radical (unpaired) electrons. The molecular weight excluding hydrogens is 128 g/mol. The van der Waals surface area contributed by atoms with Gasteiger partial charge in [0.1, 0.15) is 0 Å². The summed E-state index contributed by atoms with van der Waals surface area (Å²) in [5.41, 5.74) is -0.266. The highest BCUT2D eigenvalue weighted by Crippen LogP contribution is 2.30. The second-order valence-electron chi connectivity index (χ2n) is 3.28. The van der Waals surface area contributed by atoms with Gasteiger partial charge in [0.05, 0.1) is 11.7 Å².